The second kappa shape index (κ2) is 6.98. The number of anilines is 2. The van der Waals surface area contributed by atoms with Gasteiger partial charge in [0.15, 0.2) is 5.13 Å². The zero-order chi connectivity index (χ0) is 20.0. The number of ether oxygens (including phenoxy) is 1. The number of fused-ring (bicyclic) bond motifs is 4. The molecule has 144 valence electrons. The lowest BCUT2D eigenvalue weighted by Crippen LogP contribution is -2.09. The summed E-state index contributed by atoms with van der Waals surface area (Å²) in [6.45, 7) is 1.93. The van der Waals surface area contributed by atoms with Gasteiger partial charge in [-0.15, -0.1) is 11.3 Å². The molecule has 0 fully saturated rings. The number of carbonyl (C=O) groups excluding carboxylic acids is 2. The average Bonchev–Trinajstić information content (AvgIpc) is 3.30. The van der Waals surface area contributed by atoms with Crippen LogP contribution in [0.3, 0.4) is 0 Å². The van der Waals surface area contributed by atoms with Gasteiger partial charge in [0.2, 0.25) is 5.91 Å². The van der Waals surface area contributed by atoms with Crippen molar-refractivity contribution in [2.75, 3.05) is 10.6 Å². The van der Waals surface area contributed by atoms with Gasteiger partial charge in [-0.25, -0.2) is 4.98 Å². The van der Waals surface area contributed by atoms with E-state index in [9.17, 15) is 9.59 Å². The average molecular weight is 422 g/mol. The zero-order valence-corrected chi connectivity index (χ0v) is 16.9. The monoisotopic (exact) mass is 421 g/mol. The van der Waals surface area contributed by atoms with Crippen molar-refractivity contribution in [1.82, 2.24) is 4.98 Å². The van der Waals surface area contributed by atoms with Crippen LogP contribution in [-0.4, -0.2) is 16.8 Å². The van der Waals surface area contributed by atoms with Crippen molar-refractivity contribution in [2.24, 2.45) is 0 Å². The topological polar surface area (TPSA) is 80.3 Å². The molecule has 1 aliphatic heterocycles. The highest BCUT2D eigenvalue weighted by Crippen LogP contribution is 2.42. The van der Waals surface area contributed by atoms with Crippen molar-refractivity contribution >= 4 is 55.5 Å². The van der Waals surface area contributed by atoms with E-state index in [1.807, 2.05) is 42.5 Å². The molecule has 3 heterocycles. The lowest BCUT2D eigenvalue weighted by Gasteiger charge is -2.16. The molecule has 0 saturated heterocycles. The molecule has 0 bridgehead atoms. The van der Waals surface area contributed by atoms with Crippen molar-refractivity contribution in [3.8, 4) is 16.2 Å². The summed E-state index contributed by atoms with van der Waals surface area (Å²) in [5.74, 6) is 0.521. The second-order valence-electron chi connectivity index (χ2n) is 6.59. The summed E-state index contributed by atoms with van der Waals surface area (Å²) in [6.07, 6.45) is 0. The van der Waals surface area contributed by atoms with Gasteiger partial charge in [0, 0.05) is 28.6 Å². The molecular formula is C21H15N3O3S2. The summed E-state index contributed by atoms with van der Waals surface area (Å²) in [5, 5.41) is 6.16. The molecule has 8 heteroatoms. The second-order valence-corrected chi connectivity index (χ2v) is 8.67. The normalized spacial score (nSPS) is 12.0. The molecular weight excluding hydrogens is 406 g/mol. The number of hydrogen-bond donors (Lipinski definition) is 2. The maximum atomic E-state index is 12.8. The van der Waals surface area contributed by atoms with E-state index in [2.05, 4.69) is 15.6 Å². The fourth-order valence-corrected chi connectivity index (χ4v) is 5.22. The molecule has 0 spiro atoms. The number of thiophene rings is 1. The molecule has 4 aromatic rings. The van der Waals surface area contributed by atoms with Crippen LogP contribution in [0.25, 0.3) is 20.7 Å². The van der Waals surface area contributed by atoms with Crippen molar-refractivity contribution in [1.29, 1.82) is 0 Å². The van der Waals surface area contributed by atoms with E-state index in [0.29, 0.717) is 22.3 Å². The van der Waals surface area contributed by atoms with Gasteiger partial charge < -0.3 is 10.1 Å². The van der Waals surface area contributed by atoms with Gasteiger partial charge in [-0.05, 0) is 36.4 Å². The van der Waals surface area contributed by atoms with Crippen LogP contribution in [-0.2, 0) is 11.4 Å². The van der Waals surface area contributed by atoms with Gasteiger partial charge in [-0.2, -0.15) is 0 Å². The molecule has 2 N–H and O–H groups in total. The van der Waals surface area contributed by atoms with E-state index in [-0.39, 0.29) is 11.8 Å². The third kappa shape index (κ3) is 3.37. The third-order valence-corrected chi connectivity index (χ3v) is 6.62. The number of nitrogens with one attached hydrogen (secondary N) is 2. The minimum absolute atomic E-state index is 0.130. The molecule has 2 amide bonds. The Balaban J connectivity index is 1.40. The molecule has 2 aromatic carbocycles. The van der Waals surface area contributed by atoms with Crippen LogP contribution < -0.4 is 15.4 Å². The lowest BCUT2D eigenvalue weighted by molar-refractivity contribution is -0.114. The maximum Gasteiger partial charge on any atom is 0.267 e. The molecule has 6 nitrogen and oxygen atoms in total. The third-order valence-electron chi connectivity index (χ3n) is 4.48. The van der Waals surface area contributed by atoms with Crippen LogP contribution in [0.5, 0.6) is 5.75 Å². The van der Waals surface area contributed by atoms with E-state index in [1.165, 1.54) is 29.6 Å². The molecule has 1 aliphatic rings. The SMILES string of the molecule is CC(=O)Nc1ccc2nc(NC(=O)c3cc4c(s3)-c3ccccc3OC4)sc2c1. The largest absolute Gasteiger partial charge is 0.488 e. The van der Waals surface area contributed by atoms with Gasteiger partial charge in [-0.3, -0.25) is 14.9 Å². The van der Waals surface area contributed by atoms with Crippen LogP contribution in [0.15, 0.2) is 48.5 Å². The summed E-state index contributed by atoms with van der Waals surface area (Å²) in [5.41, 5.74) is 3.51. The Kier molecular flexibility index (Phi) is 4.30. The van der Waals surface area contributed by atoms with Crippen molar-refractivity contribution in [2.45, 2.75) is 13.5 Å². The predicted octanol–water partition coefficient (Wildman–Crippen LogP) is 5.13. The number of benzene rings is 2. The van der Waals surface area contributed by atoms with E-state index < -0.39 is 0 Å². The van der Waals surface area contributed by atoms with Gasteiger partial charge in [-0.1, -0.05) is 23.5 Å². The molecule has 0 radical (unpaired) electrons. The first-order valence-corrected chi connectivity index (χ1v) is 10.5. The van der Waals surface area contributed by atoms with E-state index >= 15 is 0 Å². The first kappa shape index (κ1) is 17.8. The number of para-hydroxylation sites is 1. The molecule has 5 rings (SSSR count). The number of amides is 2. The van der Waals surface area contributed by atoms with Crippen LogP contribution in [0, 0.1) is 0 Å². The number of carbonyl (C=O) groups is 2. The Morgan fingerprint density at radius 2 is 1.93 bits per heavy atom. The number of nitrogens with zero attached hydrogens (tertiary/aromatic N) is 1. The van der Waals surface area contributed by atoms with Gasteiger partial charge in [0.1, 0.15) is 12.4 Å². The standard InChI is InChI=1S/C21H15N3O3S2/c1-11(25)22-13-6-7-15-17(9-13)29-21(23-15)24-20(26)18-8-12-10-27-16-5-3-2-4-14(16)19(12)28-18/h2-9H,10H2,1H3,(H,22,25)(H,23,24,26). The minimum Gasteiger partial charge on any atom is -0.488 e. The summed E-state index contributed by atoms with van der Waals surface area (Å²) in [6, 6.07) is 15.2. The highest BCUT2D eigenvalue weighted by atomic mass is 32.1. The Morgan fingerprint density at radius 1 is 1.07 bits per heavy atom. The zero-order valence-electron chi connectivity index (χ0n) is 15.3. The Hall–Kier alpha value is -3.23. The van der Waals surface area contributed by atoms with E-state index in [4.69, 9.17) is 4.74 Å². The fraction of sp³-hybridized carbons (Fsp3) is 0.0952. The van der Waals surface area contributed by atoms with Crippen LogP contribution in [0.2, 0.25) is 0 Å². The van der Waals surface area contributed by atoms with E-state index in [0.717, 1.165) is 32.0 Å². The van der Waals surface area contributed by atoms with Gasteiger partial charge in [0.25, 0.3) is 5.91 Å². The number of aromatic nitrogens is 1. The Labute approximate surface area is 174 Å². The Morgan fingerprint density at radius 3 is 2.79 bits per heavy atom. The van der Waals surface area contributed by atoms with Crippen molar-refractivity contribution in [3.05, 3.63) is 59.0 Å². The van der Waals surface area contributed by atoms with E-state index in [1.54, 1.807) is 6.07 Å². The predicted molar refractivity (Wildman–Crippen MR) is 116 cm³/mol. The van der Waals surface area contributed by atoms with Crippen molar-refractivity contribution in [3.63, 3.8) is 0 Å². The quantitative estimate of drug-likeness (QED) is 0.481. The molecule has 0 saturated carbocycles. The number of hydrogen-bond acceptors (Lipinski definition) is 6. The first-order chi connectivity index (χ1) is 14.1. The van der Waals surface area contributed by atoms with Crippen LogP contribution >= 0.6 is 22.7 Å². The highest BCUT2D eigenvalue weighted by Gasteiger charge is 2.23. The molecule has 0 atom stereocenters. The summed E-state index contributed by atoms with van der Waals surface area (Å²) in [4.78, 5) is 30.2. The maximum absolute atomic E-state index is 12.8. The van der Waals surface area contributed by atoms with Gasteiger partial charge in [0.05, 0.1) is 15.1 Å². The summed E-state index contributed by atoms with van der Waals surface area (Å²) < 4.78 is 6.66. The van der Waals surface area contributed by atoms with Crippen LogP contribution in [0.4, 0.5) is 10.8 Å². The summed E-state index contributed by atoms with van der Waals surface area (Å²) >= 11 is 2.83. The molecule has 29 heavy (non-hydrogen) atoms. The Bertz CT molecular complexity index is 1280. The number of thiazole rings is 1. The summed E-state index contributed by atoms with van der Waals surface area (Å²) in [7, 11) is 0. The first-order valence-electron chi connectivity index (χ1n) is 8.91. The lowest BCUT2D eigenvalue weighted by atomic mass is 10.1. The molecule has 2 aromatic heterocycles. The van der Waals surface area contributed by atoms with Gasteiger partial charge >= 0.3 is 0 Å². The van der Waals surface area contributed by atoms with Crippen LogP contribution in [0.1, 0.15) is 22.2 Å². The minimum atomic E-state index is -0.192. The fourth-order valence-electron chi connectivity index (χ4n) is 3.23. The highest BCUT2D eigenvalue weighted by molar-refractivity contribution is 7.22. The molecule has 0 aliphatic carbocycles. The van der Waals surface area contributed by atoms with Crippen molar-refractivity contribution < 1.29 is 14.3 Å². The number of rotatable bonds is 3. The molecule has 0 unspecified atom stereocenters. The smallest absolute Gasteiger partial charge is 0.267 e.